The van der Waals surface area contributed by atoms with Crippen LogP contribution in [-0.2, 0) is 14.8 Å². The Hall–Kier alpha value is -0.660. The highest BCUT2D eigenvalue weighted by atomic mass is 32.2. The Morgan fingerprint density at radius 1 is 1.37 bits per heavy atom. The quantitative estimate of drug-likeness (QED) is 0.740. The fourth-order valence-electron chi connectivity index (χ4n) is 2.05. The van der Waals surface area contributed by atoms with Crippen molar-refractivity contribution in [3.05, 3.63) is 0 Å². The maximum absolute atomic E-state index is 12.2. The van der Waals surface area contributed by atoms with Crippen molar-refractivity contribution >= 4 is 15.9 Å². The molecular weight excluding hydrogens is 266 g/mol. The summed E-state index contributed by atoms with van der Waals surface area (Å²) in [5.74, 6) is 0.138. The lowest BCUT2D eigenvalue weighted by Gasteiger charge is -2.36. The Morgan fingerprint density at radius 3 is 2.32 bits per heavy atom. The average molecular weight is 291 g/mol. The van der Waals surface area contributed by atoms with Gasteiger partial charge in [0.2, 0.25) is 15.9 Å². The van der Waals surface area contributed by atoms with Gasteiger partial charge in [0, 0.05) is 25.7 Å². The fraction of sp³-hybridized carbons (Fsp3) is 0.917. The molecule has 1 aliphatic heterocycles. The van der Waals surface area contributed by atoms with E-state index in [1.54, 1.807) is 11.8 Å². The van der Waals surface area contributed by atoms with Crippen LogP contribution >= 0.6 is 0 Å². The zero-order chi connectivity index (χ0) is 14.7. The van der Waals surface area contributed by atoms with Gasteiger partial charge in [0.1, 0.15) is 0 Å². The summed E-state index contributed by atoms with van der Waals surface area (Å²) in [6, 6.07) is -0.0602. The summed E-state index contributed by atoms with van der Waals surface area (Å²) in [5.41, 5.74) is 5.06. The van der Waals surface area contributed by atoms with Crippen LogP contribution in [-0.4, -0.2) is 50.7 Å². The second kappa shape index (κ2) is 6.19. The van der Waals surface area contributed by atoms with E-state index in [1.807, 2.05) is 13.8 Å². The van der Waals surface area contributed by atoms with Crippen molar-refractivity contribution in [1.29, 1.82) is 0 Å². The first kappa shape index (κ1) is 16.4. The van der Waals surface area contributed by atoms with Crippen LogP contribution in [0.15, 0.2) is 0 Å². The number of amides is 1. The molecule has 3 N–H and O–H groups in total. The van der Waals surface area contributed by atoms with Crippen LogP contribution in [0.5, 0.6) is 0 Å². The Morgan fingerprint density at radius 2 is 1.89 bits per heavy atom. The number of likely N-dealkylation sites (tertiary alicyclic amines) is 1. The highest BCUT2D eigenvalue weighted by Crippen LogP contribution is 2.21. The van der Waals surface area contributed by atoms with Crippen molar-refractivity contribution in [2.24, 2.45) is 11.1 Å². The standard InChI is InChI=1S/C12H25N3O3S/c1-4-19(17,18)14-10-5-7-15(8-6-10)11(16)12(2,3)9-13/h10,14H,4-9,13H2,1-3H3. The number of carbonyl (C=O) groups is 1. The van der Waals surface area contributed by atoms with Gasteiger partial charge in [0.05, 0.1) is 11.2 Å². The highest BCUT2D eigenvalue weighted by Gasteiger charge is 2.33. The van der Waals surface area contributed by atoms with Crippen molar-refractivity contribution in [2.45, 2.75) is 39.7 Å². The van der Waals surface area contributed by atoms with Crippen LogP contribution in [0.25, 0.3) is 0 Å². The van der Waals surface area contributed by atoms with Crippen molar-refractivity contribution in [1.82, 2.24) is 9.62 Å². The molecule has 1 rings (SSSR count). The molecule has 0 spiro atoms. The number of nitrogens with one attached hydrogen (secondary N) is 1. The lowest BCUT2D eigenvalue weighted by molar-refractivity contribution is -0.140. The minimum absolute atomic E-state index is 0.0480. The Labute approximate surface area is 115 Å². The topological polar surface area (TPSA) is 92.5 Å². The Balaban J connectivity index is 2.52. The van der Waals surface area contributed by atoms with E-state index in [2.05, 4.69) is 4.72 Å². The summed E-state index contributed by atoms with van der Waals surface area (Å²) in [6.07, 6.45) is 1.32. The molecule has 0 atom stereocenters. The molecule has 7 heteroatoms. The molecule has 19 heavy (non-hydrogen) atoms. The largest absolute Gasteiger partial charge is 0.342 e. The average Bonchev–Trinajstić information content (AvgIpc) is 2.38. The van der Waals surface area contributed by atoms with E-state index < -0.39 is 15.4 Å². The van der Waals surface area contributed by atoms with Crippen LogP contribution in [0.4, 0.5) is 0 Å². The predicted octanol–water partition coefficient (Wildman–Crippen LogP) is -0.0984. The van der Waals surface area contributed by atoms with Gasteiger partial charge in [-0.1, -0.05) is 0 Å². The number of sulfonamides is 1. The normalized spacial score (nSPS) is 18.6. The van der Waals surface area contributed by atoms with Gasteiger partial charge in [-0.25, -0.2) is 13.1 Å². The summed E-state index contributed by atoms with van der Waals surface area (Å²) < 4.78 is 25.6. The third-order valence-corrected chi connectivity index (χ3v) is 5.05. The lowest BCUT2D eigenvalue weighted by Crippen LogP contribution is -2.51. The van der Waals surface area contributed by atoms with Crippen molar-refractivity contribution in [3.63, 3.8) is 0 Å². The molecule has 1 saturated heterocycles. The Bertz CT molecular complexity index is 412. The molecule has 1 heterocycles. The number of nitrogens with zero attached hydrogens (tertiary/aromatic N) is 1. The lowest BCUT2D eigenvalue weighted by atomic mass is 9.90. The molecule has 0 aromatic heterocycles. The van der Waals surface area contributed by atoms with Crippen molar-refractivity contribution in [2.75, 3.05) is 25.4 Å². The monoisotopic (exact) mass is 291 g/mol. The number of piperidine rings is 1. The van der Waals surface area contributed by atoms with Crippen molar-refractivity contribution < 1.29 is 13.2 Å². The van der Waals surface area contributed by atoms with E-state index >= 15 is 0 Å². The number of hydrogen-bond acceptors (Lipinski definition) is 4. The van der Waals surface area contributed by atoms with E-state index in [0.717, 1.165) is 0 Å². The van der Waals surface area contributed by atoms with E-state index in [9.17, 15) is 13.2 Å². The van der Waals surface area contributed by atoms with Gasteiger partial charge in [-0.3, -0.25) is 4.79 Å². The predicted molar refractivity (Wildman–Crippen MR) is 75.0 cm³/mol. The molecule has 1 fully saturated rings. The first-order valence-electron chi connectivity index (χ1n) is 6.71. The molecular formula is C12H25N3O3S. The molecule has 112 valence electrons. The molecule has 6 nitrogen and oxygen atoms in total. The molecule has 0 radical (unpaired) electrons. The summed E-state index contributed by atoms with van der Waals surface area (Å²) in [4.78, 5) is 14.0. The minimum atomic E-state index is -3.16. The molecule has 0 aromatic rings. The molecule has 1 aliphatic rings. The Kier molecular flexibility index (Phi) is 5.34. The van der Waals surface area contributed by atoms with Gasteiger partial charge < -0.3 is 10.6 Å². The third kappa shape index (κ3) is 4.43. The fourth-order valence-corrected chi connectivity index (χ4v) is 2.96. The molecule has 0 unspecified atom stereocenters. The first-order valence-corrected chi connectivity index (χ1v) is 8.36. The summed E-state index contributed by atoms with van der Waals surface area (Å²) >= 11 is 0. The molecule has 0 aromatic carbocycles. The van der Waals surface area contributed by atoms with Gasteiger partial charge in [-0.2, -0.15) is 0 Å². The van der Waals surface area contributed by atoms with Crippen LogP contribution in [0.1, 0.15) is 33.6 Å². The van der Waals surface area contributed by atoms with E-state index in [0.29, 0.717) is 32.5 Å². The molecule has 0 aliphatic carbocycles. The van der Waals surface area contributed by atoms with Crippen molar-refractivity contribution in [3.8, 4) is 0 Å². The van der Waals surface area contributed by atoms with E-state index in [-0.39, 0.29) is 17.7 Å². The second-order valence-corrected chi connectivity index (χ2v) is 7.72. The van der Waals surface area contributed by atoms with Crippen LogP contribution < -0.4 is 10.5 Å². The zero-order valence-corrected chi connectivity index (χ0v) is 12.8. The zero-order valence-electron chi connectivity index (χ0n) is 12.0. The molecule has 1 amide bonds. The summed E-state index contributed by atoms with van der Waals surface area (Å²) in [5, 5.41) is 0. The van der Waals surface area contributed by atoms with Crippen LogP contribution in [0, 0.1) is 5.41 Å². The number of rotatable bonds is 5. The smallest absolute Gasteiger partial charge is 0.229 e. The van der Waals surface area contributed by atoms with Crippen LogP contribution in [0.3, 0.4) is 0 Å². The first-order chi connectivity index (χ1) is 8.72. The van der Waals surface area contributed by atoms with E-state index in [1.165, 1.54) is 0 Å². The minimum Gasteiger partial charge on any atom is -0.342 e. The number of nitrogens with two attached hydrogens (primary N) is 1. The van der Waals surface area contributed by atoms with Gasteiger partial charge in [-0.05, 0) is 33.6 Å². The second-order valence-electron chi connectivity index (χ2n) is 5.68. The van der Waals surface area contributed by atoms with Gasteiger partial charge >= 0.3 is 0 Å². The SMILES string of the molecule is CCS(=O)(=O)NC1CCN(C(=O)C(C)(C)CN)CC1. The summed E-state index contributed by atoms with van der Waals surface area (Å²) in [6.45, 7) is 6.76. The summed E-state index contributed by atoms with van der Waals surface area (Å²) in [7, 11) is -3.16. The number of carbonyl (C=O) groups excluding carboxylic acids is 1. The van der Waals surface area contributed by atoms with E-state index in [4.69, 9.17) is 5.73 Å². The maximum Gasteiger partial charge on any atom is 0.229 e. The van der Waals surface area contributed by atoms with Crippen LogP contribution in [0.2, 0.25) is 0 Å². The highest BCUT2D eigenvalue weighted by molar-refractivity contribution is 7.89. The van der Waals surface area contributed by atoms with Gasteiger partial charge in [-0.15, -0.1) is 0 Å². The van der Waals surface area contributed by atoms with Gasteiger partial charge in [0.15, 0.2) is 0 Å². The molecule has 0 bridgehead atoms. The number of hydrogen-bond donors (Lipinski definition) is 2. The third-order valence-electron chi connectivity index (χ3n) is 3.60. The maximum atomic E-state index is 12.2. The molecule has 0 saturated carbocycles. The van der Waals surface area contributed by atoms with Gasteiger partial charge in [0.25, 0.3) is 0 Å².